The number of imide groups is 1. The Hall–Kier alpha value is -2.67. The van der Waals surface area contributed by atoms with Gasteiger partial charge in [-0.05, 0) is 37.2 Å². The molecule has 154 valence electrons. The summed E-state index contributed by atoms with van der Waals surface area (Å²) in [5.41, 5.74) is 1.63. The average molecular weight is 397 g/mol. The zero-order valence-electron chi connectivity index (χ0n) is 17.2. The Morgan fingerprint density at radius 2 is 1.90 bits per heavy atom. The molecule has 1 aliphatic heterocycles. The lowest BCUT2D eigenvalue weighted by Gasteiger charge is -2.33. The van der Waals surface area contributed by atoms with Crippen LogP contribution in [0.4, 0.5) is 4.79 Å². The third-order valence-electron chi connectivity index (χ3n) is 6.18. The largest absolute Gasteiger partial charge is 0.329 e. The first kappa shape index (κ1) is 19.6. The van der Waals surface area contributed by atoms with E-state index < -0.39 is 5.54 Å². The van der Waals surface area contributed by atoms with Crippen LogP contribution < -0.4 is 10.2 Å². The van der Waals surface area contributed by atoms with Crippen LogP contribution in [0.5, 0.6) is 0 Å². The number of hydrogen-bond donors (Lipinski definition) is 2. The predicted octanol–water partition coefficient (Wildman–Crippen LogP) is 1.40. The SMILES string of the molecule is CC1CCC2(CC1)NC(=O)N(C[NH+](C)Cc1cnn(Cc3ccccc3)c1)C2=O. The number of nitrogens with zero attached hydrogens (tertiary/aromatic N) is 3. The standard InChI is InChI=1S/C22H29N5O2/c1-17-8-10-22(11-9-17)20(28)27(21(29)24-22)16-25(2)13-19-12-23-26(15-19)14-18-6-4-3-5-7-18/h3-7,12,15,17H,8-11,13-14,16H2,1-2H3,(H,24,29)/p+1. The molecule has 7 nitrogen and oxygen atoms in total. The topological polar surface area (TPSA) is 71.7 Å². The highest BCUT2D eigenvalue weighted by atomic mass is 16.2. The number of aromatic nitrogens is 2. The normalized spacial score (nSPS) is 25.4. The lowest BCUT2D eigenvalue weighted by atomic mass is 9.77. The quantitative estimate of drug-likeness (QED) is 0.725. The Morgan fingerprint density at radius 1 is 1.17 bits per heavy atom. The number of urea groups is 1. The maximum absolute atomic E-state index is 13.0. The summed E-state index contributed by atoms with van der Waals surface area (Å²) in [6.45, 7) is 4.01. The number of hydrogen-bond acceptors (Lipinski definition) is 3. The van der Waals surface area contributed by atoms with E-state index in [-0.39, 0.29) is 11.9 Å². The molecule has 1 unspecified atom stereocenters. The summed E-state index contributed by atoms with van der Waals surface area (Å²) in [7, 11) is 2.00. The van der Waals surface area contributed by atoms with Gasteiger partial charge in [-0.15, -0.1) is 0 Å². The van der Waals surface area contributed by atoms with E-state index in [4.69, 9.17) is 0 Å². The first-order chi connectivity index (χ1) is 13.9. The third-order valence-corrected chi connectivity index (χ3v) is 6.18. The second kappa shape index (κ2) is 7.99. The number of quaternary nitrogens is 1. The van der Waals surface area contributed by atoms with Crippen LogP contribution in [-0.4, -0.2) is 45.9 Å². The van der Waals surface area contributed by atoms with Crippen LogP contribution in [0.15, 0.2) is 42.7 Å². The van der Waals surface area contributed by atoms with Crippen molar-refractivity contribution in [1.29, 1.82) is 0 Å². The van der Waals surface area contributed by atoms with Crippen LogP contribution in [0.1, 0.15) is 43.7 Å². The lowest BCUT2D eigenvalue weighted by molar-refractivity contribution is -0.901. The zero-order valence-corrected chi connectivity index (χ0v) is 17.2. The van der Waals surface area contributed by atoms with Crippen molar-refractivity contribution in [2.45, 2.75) is 51.2 Å². The molecule has 1 aromatic carbocycles. The summed E-state index contributed by atoms with van der Waals surface area (Å²) in [6, 6.07) is 9.97. The van der Waals surface area contributed by atoms with Gasteiger partial charge in [0.1, 0.15) is 12.1 Å². The highest BCUT2D eigenvalue weighted by molar-refractivity contribution is 6.06. The molecular formula is C22H30N5O2+. The number of amides is 3. The number of carbonyl (C=O) groups is 2. The minimum absolute atomic E-state index is 0.0477. The molecule has 2 N–H and O–H groups in total. The van der Waals surface area contributed by atoms with E-state index >= 15 is 0 Å². The smallest absolute Gasteiger partial charge is 0.323 e. The van der Waals surface area contributed by atoms with Gasteiger partial charge in [0.15, 0.2) is 6.67 Å². The van der Waals surface area contributed by atoms with Gasteiger partial charge in [-0.2, -0.15) is 5.10 Å². The molecule has 1 atom stereocenters. The second-order valence-electron chi connectivity index (χ2n) is 8.75. The zero-order chi connectivity index (χ0) is 20.4. The first-order valence-corrected chi connectivity index (χ1v) is 10.5. The van der Waals surface area contributed by atoms with Crippen molar-refractivity contribution in [3.63, 3.8) is 0 Å². The molecule has 1 spiro atoms. The molecule has 2 aliphatic rings. The van der Waals surface area contributed by atoms with E-state index in [1.54, 1.807) is 0 Å². The number of rotatable bonds is 6. The van der Waals surface area contributed by atoms with Gasteiger partial charge in [0.05, 0.1) is 19.8 Å². The predicted molar refractivity (Wildman–Crippen MR) is 109 cm³/mol. The summed E-state index contributed by atoms with van der Waals surface area (Å²) >= 11 is 0. The molecule has 3 amide bonds. The van der Waals surface area contributed by atoms with Gasteiger partial charge >= 0.3 is 6.03 Å². The molecule has 2 heterocycles. The fourth-order valence-corrected chi connectivity index (χ4v) is 4.44. The fraction of sp³-hybridized carbons (Fsp3) is 0.500. The van der Waals surface area contributed by atoms with Gasteiger partial charge in [-0.1, -0.05) is 37.3 Å². The van der Waals surface area contributed by atoms with E-state index in [1.807, 2.05) is 42.3 Å². The fourth-order valence-electron chi connectivity index (χ4n) is 4.44. The Balaban J connectivity index is 1.34. The van der Waals surface area contributed by atoms with E-state index in [2.05, 4.69) is 29.5 Å². The maximum Gasteiger partial charge on any atom is 0.329 e. The molecule has 1 aromatic heterocycles. The van der Waals surface area contributed by atoms with Crippen LogP contribution in [0.2, 0.25) is 0 Å². The minimum Gasteiger partial charge on any atom is -0.323 e. The Labute approximate surface area is 171 Å². The van der Waals surface area contributed by atoms with E-state index in [0.717, 1.165) is 42.7 Å². The second-order valence-corrected chi connectivity index (χ2v) is 8.75. The van der Waals surface area contributed by atoms with Crippen molar-refractivity contribution in [3.8, 4) is 0 Å². The molecule has 2 fully saturated rings. The third kappa shape index (κ3) is 4.19. The maximum atomic E-state index is 13.0. The summed E-state index contributed by atoms with van der Waals surface area (Å²) in [5.74, 6) is 0.577. The minimum atomic E-state index is -0.662. The molecule has 0 radical (unpaired) electrons. The Kier molecular flexibility index (Phi) is 5.41. The molecule has 4 rings (SSSR count). The molecule has 1 saturated heterocycles. The summed E-state index contributed by atoms with van der Waals surface area (Å²) in [6.07, 6.45) is 7.38. The van der Waals surface area contributed by atoms with E-state index in [1.165, 1.54) is 10.5 Å². The van der Waals surface area contributed by atoms with Gasteiger partial charge in [-0.3, -0.25) is 9.48 Å². The molecule has 1 saturated carbocycles. The summed E-state index contributed by atoms with van der Waals surface area (Å²) < 4.78 is 1.92. The highest BCUT2D eigenvalue weighted by Gasteiger charge is 2.52. The number of nitrogens with one attached hydrogen (secondary N) is 2. The highest BCUT2D eigenvalue weighted by Crippen LogP contribution is 2.35. The molecular weight excluding hydrogens is 366 g/mol. The van der Waals surface area contributed by atoms with Crippen LogP contribution in [0.25, 0.3) is 0 Å². The molecule has 7 heteroatoms. The van der Waals surface area contributed by atoms with Crippen LogP contribution in [0.3, 0.4) is 0 Å². The van der Waals surface area contributed by atoms with Crippen LogP contribution in [0, 0.1) is 5.92 Å². The van der Waals surface area contributed by atoms with Crippen molar-refractivity contribution in [1.82, 2.24) is 20.0 Å². The Bertz CT molecular complexity index is 870. The van der Waals surface area contributed by atoms with Crippen molar-refractivity contribution < 1.29 is 14.5 Å². The van der Waals surface area contributed by atoms with Gasteiger partial charge in [0.25, 0.3) is 5.91 Å². The number of carbonyl (C=O) groups excluding carboxylic acids is 2. The number of benzene rings is 1. The monoisotopic (exact) mass is 396 g/mol. The molecule has 29 heavy (non-hydrogen) atoms. The van der Waals surface area contributed by atoms with Gasteiger partial charge in [-0.25, -0.2) is 9.69 Å². The molecule has 0 bridgehead atoms. The first-order valence-electron chi connectivity index (χ1n) is 10.5. The summed E-state index contributed by atoms with van der Waals surface area (Å²) in [5, 5.41) is 7.44. The van der Waals surface area contributed by atoms with Crippen molar-refractivity contribution in [3.05, 3.63) is 53.9 Å². The molecule has 1 aliphatic carbocycles. The average Bonchev–Trinajstić information content (AvgIpc) is 3.23. The van der Waals surface area contributed by atoms with E-state index in [0.29, 0.717) is 19.1 Å². The van der Waals surface area contributed by atoms with Gasteiger partial charge in [0.2, 0.25) is 0 Å². The Morgan fingerprint density at radius 3 is 2.62 bits per heavy atom. The van der Waals surface area contributed by atoms with E-state index in [9.17, 15) is 9.59 Å². The van der Waals surface area contributed by atoms with Gasteiger partial charge < -0.3 is 10.2 Å². The lowest BCUT2D eigenvalue weighted by Crippen LogP contribution is -3.09. The summed E-state index contributed by atoms with van der Waals surface area (Å²) in [4.78, 5) is 28.0. The van der Waals surface area contributed by atoms with Crippen molar-refractivity contribution in [2.24, 2.45) is 5.92 Å². The van der Waals surface area contributed by atoms with Crippen LogP contribution >= 0.6 is 0 Å². The van der Waals surface area contributed by atoms with Gasteiger partial charge in [0, 0.05) is 11.8 Å². The molecule has 2 aromatic rings. The van der Waals surface area contributed by atoms with Crippen molar-refractivity contribution >= 4 is 11.9 Å². The van der Waals surface area contributed by atoms with Crippen LogP contribution in [-0.2, 0) is 17.9 Å². The van der Waals surface area contributed by atoms with Crippen molar-refractivity contribution in [2.75, 3.05) is 13.7 Å².